The molecule has 0 aliphatic carbocycles. The van der Waals surface area contributed by atoms with Gasteiger partial charge in [0.1, 0.15) is 0 Å². The Kier molecular flexibility index (Phi) is 6.32. The van der Waals surface area contributed by atoms with Gasteiger partial charge in [-0.1, -0.05) is 36.4 Å². The molecule has 8 heteroatoms. The molecule has 5 rings (SSSR count). The molecule has 0 unspecified atom stereocenters. The average molecular weight is 479 g/mol. The fraction of sp³-hybridized carbons (Fsp3) is 0.143. The molecule has 3 amide bonds. The van der Waals surface area contributed by atoms with Crippen LogP contribution in [0.5, 0.6) is 0 Å². The number of rotatable bonds is 6. The number of para-hydroxylation sites is 1. The highest BCUT2D eigenvalue weighted by molar-refractivity contribution is 6.00. The molecule has 36 heavy (non-hydrogen) atoms. The summed E-state index contributed by atoms with van der Waals surface area (Å²) < 4.78 is 1.86. The zero-order valence-corrected chi connectivity index (χ0v) is 20.1. The number of carbonyl (C=O) groups excluding carboxylic acids is 2. The Balaban J connectivity index is 1.23. The summed E-state index contributed by atoms with van der Waals surface area (Å²) in [5, 5.41) is 14.2. The molecule has 0 aliphatic heterocycles. The first-order chi connectivity index (χ1) is 17.5. The number of fused-ring (bicyclic) bond motifs is 3. The highest BCUT2D eigenvalue weighted by Gasteiger charge is 2.15. The Morgan fingerprint density at radius 3 is 2.28 bits per heavy atom. The van der Waals surface area contributed by atoms with E-state index in [9.17, 15) is 9.59 Å². The second kappa shape index (κ2) is 9.87. The number of aromatic nitrogens is 3. The lowest BCUT2D eigenvalue weighted by molar-refractivity contribution is -0.116. The maximum atomic E-state index is 12.7. The lowest BCUT2D eigenvalue weighted by atomic mass is 10.1. The van der Waals surface area contributed by atoms with E-state index in [1.807, 2.05) is 73.0 Å². The molecule has 0 bridgehead atoms. The second-order valence-electron chi connectivity index (χ2n) is 8.59. The molecule has 0 radical (unpaired) electrons. The van der Waals surface area contributed by atoms with Gasteiger partial charge in [0.2, 0.25) is 5.91 Å². The van der Waals surface area contributed by atoms with Gasteiger partial charge in [0.15, 0.2) is 5.65 Å². The Morgan fingerprint density at radius 2 is 1.47 bits per heavy atom. The molecule has 3 N–H and O–H groups in total. The van der Waals surface area contributed by atoms with Crippen LogP contribution in [0.4, 0.5) is 21.9 Å². The highest BCUT2D eigenvalue weighted by Crippen LogP contribution is 2.23. The fourth-order valence-electron chi connectivity index (χ4n) is 4.29. The maximum Gasteiger partial charge on any atom is 0.323 e. The number of hydrogen-bond acceptors (Lipinski definition) is 4. The van der Waals surface area contributed by atoms with Crippen LogP contribution < -0.4 is 16.0 Å². The molecule has 180 valence electrons. The normalized spacial score (nSPS) is 10.9. The topological polar surface area (TPSA) is 100 Å². The van der Waals surface area contributed by atoms with Crippen LogP contribution in [0.1, 0.15) is 23.4 Å². The van der Waals surface area contributed by atoms with Crippen molar-refractivity contribution in [2.24, 2.45) is 0 Å². The van der Waals surface area contributed by atoms with E-state index in [0.717, 1.165) is 33.5 Å². The van der Waals surface area contributed by atoms with E-state index in [1.54, 1.807) is 24.3 Å². The molecular formula is C28H26N6O2. The van der Waals surface area contributed by atoms with E-state index in [2.05, 4.69) is 21.0 Å². The van der Waals surface area contributed by atoms with Gasteiger partial charge in [-0.25, -0.2) is 14.3 Å². The minimum absolute atomic E-state index is 0.120. The van der Waals surface area contributed by atoms with E-state index >= 15 is 0 Å². The van der Waals surface area contributed by atoms with Crippen molar-refractivity contribution in [3.63, 3.8) is 0 Å². The molecule has 0 saturated heterocycles. The molecule has 2 heterocycles. The molecule has 0 saturated carbocycles. The van der Waals surface area contributed by atoms with Gasteiger partial charge in [-0.15, -0.1) is 0 Å². The smallest absolute Gasteiger partial charge is 0.323 e. The zero-order chi connectivity index (χ0) is 25.1. The quantitative estimate of drug-likeness (QED) is 0.291. The molecule has 5 aromatic rings. The number of benzene rings is 3. The van der Waals surface area contributed by atoms with Gasteiger partial charge in [0, 0.05) is 40.3 Å². The molecule has 0 spiro atoms. The van der Waals surface area contributed by atoms with Crippen molar-refractivity contribution in [2.45, 2.75) is 26.7 Å². The first kappa shape index (κ1) is 23.0. The minimum Gasteiger partial charge on any atom is -0.326 e. The summed E-state index contributed by atoms with van der Waals surface area (Å²) in [5.41, 5.74) is 6.50. The Bertz CT molecular complexity index is 1580. The van der Waals surface area contributed by atoms with Crippen LogP contribution in [0.15, 0.2) is 78.9 Å². The van der Waals surface area contributed by atoms with Gasteiger partial charge in [-0.2, -0.15) is 5.10 Å². The predicted molar refractivity (Wildman–Crippen MR) is 142 cm³/mol. The van der Waals surface area contributed by atoms with Crippen molar-refractivity contribution in [1.82, 2.24) is 14.6 Å². The number of aryl methyl sites for hydroxylation is 2. The summed E-state index contributed by atoms with van der Waals surface area (Å²) in [6.07, 6.45) is 0.835. The molecule has 3 aromatic carbocycles. The van der Waals surface area contributed by atoms with Crippen LogP contribution in [0.25, 0.3) is 16.6 Å². The standard InChI is InChI=1S/C28H26N6O2/c1-18-23(19(2)34-27(29-18)24-13-6-7-14-25(24)33-34)15-16-26(35)30-21-11-8-12-22(17-21)32-28(36)31-20-9-4-3-5-10-20/h3-14,17H,15-16H2,1-2H3,(H,30,35)(H2,31,32,36). The number of anilines is 3. The number of amides is 3. The lowest BCUT2D eigenvalue weighted by Gasteiger charge is -2.12. The van der Waals surface area contributed by atoms with Crippen LogP contribution >= 0.6 is 0 Å². The number of nitrogens with zero attached hydrogens (tertiary/aromatic N) is 3. The Labute approximate surface area is 208 Å². The number of nitrogens with one attached hydrogen (secondary N) is 3. The van der Waals surface area contributed by atoms with Gasteiger partial charge in [-0.3, -0.25) is 4.79 Å². The number of carbonyl (C=O) groups is 2. The third-order valence-corrected chi connectivity index (χ3v) is 6.06. The van der Waals surface area contributed by atoms with E-state index in [4.69, 9.17) is 4.98 Å². The Morgan fingerprint density at radius 1 is 0.806 bits per heavy atom. The van der Waals surface area contributed by atoms with Gasteiger partial charge >= 0.3 is 6.03 Å². The molecule has 0 aliphatic rings. The minimum atomic E-state index is -0.357. The van der Waals surface area contributed by atoms with E-state index in [1.165, 1.54) is 0 Å². The van der Waals surface area contributed by atoms with Gasteiger partial charge in [0.05, 0.1) is 5.52 Å². The van der Waals surface area contributed by atoms with Crippen molar-refractivity contribution in [3.8, 4) is 0 Å². The first-order valence-electron chi connectivity index (χ1n) is 11.7. The van der Waals surface area contributed by atoms with Gasteiger partial charge in [0.25, 0.3) is 0 Å². The first-order valence-corrected chi connectivity index (χ1v) is 11.7. The van der Waals surface area contributed by atoms with Crippen LogP contribution in [-0.4, -0.2) is 26.5 Å². The van der Waals surface area contributed by atoms with Gasteiger partial charge < -0.3 is 16.0 Å². The van der Waals surface area contributed by atoms with E-state index < -0.39 is 0 Å². The summed E-state index contributed by atoms with van der Waals surface area (Å²) in [7, 11) is 0. The van der Waals surface area contributed by atoms with Crippen LogP contribution in [0.2, 0.25) is 0 Å². The number of urea groups is 1. The van der Waals surface area contributed by atoms with Crippen molar-refractivity contribution < 1.29 is 9.59 Å². The molecule has 0 atom stereocenters. The van der Waals surface area contributed by atoms with Crippen LogP contribution in [0.3, 0.4) is 0 Å². The average Bonchev–Trinajstić information content (AvgIpc) is 3.23. The van der Waals surface area contributed by atoms with Crippen LogP contribution in [-0.2, 0) is 11.2 Å². The van der Waals surface area contributed by atoms with Crippen molar-refractivity contribution in [3.05, 3.63) is 95.8 Å². The van der Waals surface area contributed by atoms with E-state index in [0.29, 0.717) is 29.9 Å². The molecular weight excluding hydrogens is 452 g/mol. The summed E-state index contributed by atoms with van der Waals surface area (Å²) in [4.78, 5) is 29.8. The number of hydrogen-bond donors (Lipinski definition) is 3. The molecule has 8 nitrogen and oxygen atoms in total. The van der Waals surface area contributed by atoms with Crippen LogP contribution in [0, 0.1) is 13.8 Å². The Hall–Kier alpha value is -4.72. The summed E-state index contributed by atoms with van der Waals surface area (Å²) >= 11 is 0. The summed E-state index contributed by atoms with van der Waals surface area (Å²) in [6.45, 7) is 3.98. The van der Waals surface area contributed by atoms with Gasteiger partial charge in [-0.05, 0) is 68.3 Å². The second-order valence-corrected chi connectivity index (χ2v) is 8.59. The third-order valence-electron chi connectivity index (χ3n) is 6.06. The highest BCUT2D eigenvalue weighted by atomic mass is 16.2. The predicted octanol–water partition coefficient (Wildman–Crippen LogP) is 5.71. The lowest BCUT2D eigenvalue weighted by Crippen LogP contribution is -2.19. The molecule has 0 fully saturated rings. The maximum absolute atomic E-state index is 12.7. The SMILES string of the molecule is Cc1nc2c3ccccc3nn2c(C)c1CCC(=O)Nc1cccc(NC(=O)Nc2ccccc2)c1. The zero-order valence-electron chi connectivity index (χ0n) is 20.1. The fourth-order valence-corrected chi connectivity index (χ4v) is 4.29. The monoisotopic (exact) mass is 478 g/mol. The van der Waals surface area contributed by atoms with Crippen molar-refractivity contribution in [1.29, 1.82) is 0 Å². The largest absolute Gasteiger partial charge is 0.326 e. The summed E-state index contributed by atoms with van der Waals surface area (Å²) in [5.74, 6) is -0.120. The molecule has 2 aromatic heterocycles. The summed E-state index contributed by atoms with van der Waals surface area (Å²) in [6, 6.07) is 23.8. The van der Waals surface area contributed by atoms with Crippen molar-refractivity contribution >= 4 is 45.6 Å². The third kappa shape index (κ3) is 4.88. The van der Waals surface area contributed by atoms with E-state index in [-0.39, 0.29) is 11.9 Å². The van der Waals surface area contributed by atoms with Crippen molar-refractivity contribution in [2.75, 3.05) is 16.0 Å².